The van der Waals surface area contributed by atoms with E-state index in [1.54, 1.807) is 0 Å². The molecule has 0 saturated carbocycles. The lowest BCUT2D eigenvalue weighted by Crippen LogP contribution is -2.56. The molecule has 1 unspecified atom stereocenters. The van der Waals surface area contributed by atoms with Crippen LogP contribution in [0.3, 0.4) is 0 Å². The minimum atomic E-state index is 0.354. The van der Waals surface area contributed by atoms with E-state index < -0.39 is 0 Å². The molecule has 4 nitrogen and oxygen atoms in total. The first kappa shape index (κ1) is 15.1. The summed E-state index contributed by atoms with van der Waals surface area (Å²) in [5.41, 5.74) is 1.13. The van der Waals surface area contributed by atoms with E-state index in [4.69, 9.17) is 23.2 Å². The van der Waals surface area contributed by atoms with Crippen LogP contribution in [0.25, 0.3) is 0 Å². The predicted octanol–water partition coefficient (Wildman–Crippen LogP) is 2.11. The number of benzene rings is 1. The van der Waals surface area contributed by atoms with Gasteiger partial charge < -0.3 is 5.32 Å². The van der Waals surface area contributed by atoms with E-state index in [-0.39, 0.29) is 0 Å². The molecule has 2 aliphatic rings. The topological polar surface area (TPSA) is 30.9 Å². The average Bonchev–Trinajstić information content (AvgIpc) is 2.98. The Kier molecular flexibility index (Phi) is 4.69. The molecule has 2 aliphatic heterocycles. The number of nitrogens with one attached hydrogen (secondary N) is 1. The van der Waals surface area contributed by atoms with Gasteiger partial charge in [0.25, 0.3) is 0 Å². The van der Waals surface area contributed by atoms with Gasteiger partial charge in [-0.15, -0.1) is 0 Å². The van der Waals surface area contributed by atoms with Crippen LogP contribution in [0.1, 0.15) is 5.56 Å². The number of hydrogen-bond donors (Lipinski definition) is 1. The molecule has 0 aliphatic carbocycles. The second kappa shape index (κ2) is 6.53. The zero-order valence-electron chi connectivity index (χ0n) is 12.1. The van der Waals surface area contributed by atoms with Gasteiger partial charge in [-0.2, -0.15) is 0 Å². The molecule has 1 saturated heterocycles. The standard InChI is InChI=1S/C15H20Cl2N4/c1-20-6-7-21(10-14(20)15-18-4-5-19-15)9-11-2-3-12(16)8-13(11)17/h2-3,8,14H,4-7,9-10H2,1H3,(H,18,19). The number of halogens is 2. The van der Waals surface area contributed by atoms with Crippen molar-refractivity contribution < 1.29 is 0 Å². The van der Waals surface area contributed by atoms with Crippen molar-refractivity contribution in [2.45, 2.75) is 12.6 Å². The summed E-state index contributed by atoms with van der Waals surface area (Å²) in [5, 5.41) is 4.83. The van der Waals surface area contributed by atoms with Gasteiger partial charge in [-0.1, -0.05) is 29.3 Å². The van der Waals surface area contributed by atoms with Crippen LogP contribution in [0.4, 0.5) is 0 Å². The highest BCUT2D eigenvalue weighted by Crippen LogP contribution is 2.23. The monoisotopic (exact) mass is 326 g/mol. The summed E-state index contributed by atoms with van der Waals surface area (Å²) < 4.78 is 0. The Balaban J connectivity index is 1.68. The molecule has 0 spiro atoms. The second-order valence-electron chi connectivity index (χ2n) is 5.66. The molecule has 114 valence electrons. The number of rotatable bonds is 3. The van der Waals surface area contributed by atoms with Gasteiger partial charge in [0.15, 0.2) is 0 Å². The molecule has 1 aromatic rings. The predicted molar refractivity (Wildman–Crippen MR) is 88.5 cm³/mol. The van der Waals surface area contributed by atoms with Gasteiger partial charge in [0.1, 0.15) is 5.84 Å². The first-order chi connectivity index (χ1) is 10.1. The summed E-state index contributed by atoms with van der Waals surface area (Å²) >= 11 is 12.2. The zero-order valence-corrected chi connectivity index (χ0v) is 13.7. The number of amidine groups is 1. The lowest BCUT2D eigenvalue weighted by atomic mass is 10.1. The molecule has 21 heavy (non-hydrogen) atoms. The van der Waals surface area contributed by atoms with Crippen molar-refractivity contribution in [3.63, 3.8) is 0 Å². The van der Waals surface area contributed by atoms with Crippen LogP contribution < -0.4 is 5.32 Å². The van der Waals surface area contributed by atoms with Crippen molar-refractivity contribution >= 4 is 29.0 Å². The molecule has 0 bridgehead atoms. The Bertz CT molecular complexity index is 546. The third-order valence-electron chi connectivity index (χ3n) is 4.16. The van der Waals surface area contributed by atoms with Crippen LogP contribution in [0, 0.1) is 0 Å². The number of hydrogen-bond acceptors (Lipinski definition) is 4. The molecule has 0 amide bonds. The average molecular weight is 327 g/mol. The summed E-state index contributed by atoms with van der Waals surface area (Å²) in [4.78, 5) is 9.38. The summed E-state index contributed by atoms with van der Waals surface area (Å²) in [6.45, 7) is 5.76. The maximum absolute atomic E-state index is 6.28. The maximum atomic E-state index is 6.28. The van der Waals surface area contributed by atoms with Gasteiger partial charge >= 0.3 is 0 Å². The Hall–Kier alpha value is -0.810. The minimum Gasteiger partial charge on any atom is -0.371 e. The normalized spacial score (nSPS) is 24.0. The van der Waals surface area contributed by atoms with Crippen LogP contribution in [0.5, 0.6) is 0 Å². The second-order valence-corrected chi connectivity index (χ2v) is 6.50. The molecule has 2 heterocycles. The largest absolute Gasteiger partial charge is 0.371 e. The summed E-state index contributed by atoms with van der Waals surface area (Å²) in [6, 6.07) is 6.09. The van der Waals surface area contributed by atoms with Gasteiger partial charge in [-0.25, -0.2) is 0 Å². The number of likely N-dealkylation sites (N-methyl/N-ethyl adjacent to an activating group) is 1. The molecule has 6 heteroatoms. The molecule has 1 fully saturated rings. The smallest absolute Gasteiger partial charge is 0.115 e. The Morgan fingerprint density at radius 2 is 2.19 bits per heavy atom. The van der Waals surface area contributed by atoms with Crippen LogP contribution >= 0.6 is 23.2 Å². The van der Waals surface area contributed by atoms with Crippen molar-refractivity contribution in [2.75, 3.05) is 39.8 Å². The van der Waals surface area contributed by atoms with Crippen molar-refractivity contribution in [1.82, 2.24) is 15.1 Å². The van der Waals surface area contributed by atoms with Crippen LogP contribution in [0.15, 0.2) is 23.2 Å². The van der Waals surface area contributed by atoms with Crippen LogP contribution in [0.2, 0.25) is 10.0 Å². The van der Waals surface area contributed by atoms with E-state index in [1.165, 1.54) is 0 Å². The highest BCUT2D eigenvalue weighted by atomic mass is 35.5. The first-order valence-corrected chi connectivity index (χ1v) is 8.04. The lowest BCUT2D eigenvalue weighted by Gasteiger charge is -2.39. The molecule has 3 rings (SSSR count). The quantitative estimate of drug-likeness (QED) is 0.923. The SMILES string of the molecule is CN1CCN(Cc2ccc(Cl)cc2Cl)CC1C1=NCCN1. The molecule has 0 aromatic heterocycles. The molecule has 1 N–H and O–H groups in total. The third kappa shape index (κ3) is 3.51. The van der Waals surface area contributed by atoms with Crippen LogP contribution in [-0.2, 0) is 6.54 Å². The van der Waals surface area contributed by atoms with E-state index in [0.717, 1.165) is 55.7 Å². The lowest BCUT2D eigenvalue weighted by molar-refractivity contribution is 0.121. The summed E-state index contributed by atoms with van der Waals surface area (Å²) in [5.74, 6) is 1.13. The Morgan fingerprint density at radius 1 is 1.33 bits per heavy atom. The van der Waals surface area contributed by atoms with Gasteiger partial charge in [0.05, 0.1) is 12.6 Å². The highest BCUT2D eigenvalue weighted by molar-refractivity contribution is 6.35. The third-order valence-corrected chi connectivity index (χ3v) is 4.74. The Morgan fingerprint density at radius 3 is 2.90 bits per heavy atom. The van der Waals surface area contributed by atoms with E-state index in [0.29, 0.717) is 11.1 Å². The van der Waals surface area contributed by atoms with Crippen LogP contribution in [-0.4, -0.2) is 61.4 Å². The van der Waals surface area contributed by atoms with Crippen molar-refractivity contribution in [3.05, 3.63) is 33.8 Å². The van der Waals surface area contributed by atoms with Crippen molar-refractivity contribution in [2.24, 2.45) is 4.99 Å². The fraction of sp³-hybridized carbons (Fsp3) is 0.533. The van der Waals surface area contributed by atoms with Gasteiger partial charge in [0.2, 0.25) is 0 Å². The van der Waals surface area contributed by atoms with E-state index in [1.807, 2.05) is 18.2 Å². The highest BCUT2D eigenvalue weighted by Gasteiger charge is 2.29. The number of aliphatic imine (C=N–C) groups is 1. The zero-order chi connectivity index (χ0) is 14.8. The molecular formula is C15H20Cl2N4. The van der Waals surface area contributed by atoms with E-state index in [2.05, 4.69) is 27.2 Å². The van der Waals surface area contributed by atoms with E-state index in [9.17, 15) is 0 Å². The maximum Gasteiger partial charge on any atom is 0.115 e. The molecule has 1 atom stereocenters. The van der Waals surface area contributed by atoms with Crippen molar-refractivity contribution in [1.29, 1.82) is 0 Å². The number of nitrogens with zero attached hydrogens (tertiary/aromatic N) is 3. The fourth-order valence-electron chi connectivity index (χ4n) is 2.90. The van der Waals surface area contributed by atoms with E-state index >= 15 is 0 Å². The first-order valence-electron chi connectivity index (χ1n) is 7.28. The summed E-state index contributed by atoms with van der Waals surface area (Å²) in [7, 11) is 2.17. The van der Waals surface area contributed by atoms with Gasteiger partial charge in [0, 0.05) is 42.8 Å². The van der Waals surface area contributed by atoms with Gasteiger partial charge in [-0.05, 0) is 24.7 Å². The van der Waals surface area contributed by atoms with Gasteiger partial charge in [-0.3, -0.25) is 14.8 Å². The summed E-state index contributed by atoms with van der Waals surface area (Å²) in [6.07, 6.45) is 0. The Labute approximate surface area is 135 Å². The molecular weight excluding hydrogens is 307 g/mol. The molecule has 1 aromatic carbocycles. The van der Waals surface area contributed by atoms with Crippen molar-refractivity contribution in [3.8, 4) is 0 Å². The fourth-order valence-corrected chi connectivity index (χ4v) is 3.37. The molecule has 0 radical (unpaired) electrons. The number of piperazine rings is 1. The minimum absolute atomic E-state index is 0.354.